The number of benzene rings is 1. The molecule has 0 amide bonds. The lowest BCUT2D eigenvalue weighted by atomic mass is 10.2. The molecule has 0 aliphatic heterocycles. The van der Waals surface area contributed by atoms with E-state index in [0.29, 0.717) is 6.54 Å². The molecule has 2 N–H and O–H groups in total. The van der Waals surface area contributed by atoms with E-state index in [0.717, 1.165) is 30.2 Å². The lowest BCUT2D eigenvalue weighted by Crippen LogP contribution is -2.21. The molecule has 0 radical (unpaired) electrons. The fourth-order valence-electron chi connectivity index (χ4n) is 2.19. The van der Waals surface area contributed by atoms with Gasteiger partial charge in [0.1, 0.15) is 0 Å². The summed E-state index contributed by atoms with van der Waals surface area (Å²) >= 11 is 0. The number of aromatic nitrogens is 3. The lowest BCUT2D eigenvalue weighted by molar-refractivity contribution is 0.782. The van der Waals surface area contributed by atoms with Crippen molar-refractivity contribution in [2.75, 3.05) is 18.0 Å². The van der Waals surface area contributed by atoms with Crippen molar-refractivity contribution in [3.63, 3.8) is 0 Å². The van der Waals surface area contributed by atoms with E-state index in [-0.39, 0.29) is 0 Å². The minimum atomic E-state index is 0.420. The molecule has 0 spiro atoms. The minimum Gasteiger partial charge on any atom is -0.372 e. The maximum atomic E-state index is 5.62. The Kier molecular flexibility index (Phi) is 4.16. The van der Waals surface area contributed by atoms with E-state index in [1.54, 1.807) is 0 Å². The number of anilines is 1. The largest absolute Gasteiger partial charge is 0.372 e. The molecular formula is C14H21N5. The third-order valence-electron chi connectivity index (χ3n) is 3.41. The molecule has 5 heteroatoms. The maximum absolute atomic E-state index is 5.62. The number of rotatable bonds is 5. The Balaban J connectivity index is 2.29. The van der Waals surface area contributed by atoms with E-state index in [2.05, 4.69) is 53.3 Å². The Morgan fingerprint density at radius 3 is 2.26 bits per heavy atom. The van der Waals surface area contributed by atoms with Crippen molar-refractivity contribution >= 4 is 5.69 Å². The predicted octanol–water partition coefficient (Wildman–Crippen LogP) is 1.88. The Morgan fingerprint density at radius 2 is 1.79 bits per heavy atom. The molecule has 2 rings (SSSR count). The van der Waals surface area contributed by atoms with Gasteiger partial charge in [0, 0.05) is 25.3 Å². The molecule has 0 saturated carbocycles. The summed E-state index contributed by atoms with van der Waals surface area (Å²) in [4.78, 5) is 2.31. The topological polar surface area (TPSA) is 60.0 Å². The van der Waals surface area contributed by atoms with Gasteiger partial charge in [-0.15, -0.1) is 5.10 Å². The van der Waals surface area contributed by atoms with Gasteiger partial charge in [-0.25, -0.2) is 4.68 Å². The first-order valence-electron chi connectivity index (χ1n) is 6.67. The highest BCUT2D eigenvalue weighted by atomic mass is 15.4. The van der Waals surface area contributed by atoms with Crippen LogP contribution in [0.2, 0.25) is 0 Å². The van der Waals surface area contributed by atoms with E-state index < -0.39 is 0 Å². The molecule has 0 aliphatic carbocycles. The number of nitrogens with zero attached hydrogens (tertiary/aromatic N) is 4. The molecule has 1 heterocycles. The smallest absolute Gasteiger partial charge is 0.0996 e. The Hall–Kier alpha value is -1.88. The van der Waals surface area contributed by atoms with Crippen molar-refractivity contribution in [2.45, 2.75) is 27.3 Å². The molecule has 0 unspecified atom stereocenters. The molecule has 2 aromatic rings. The summed E-state index contributed by atoms with van der Waals surface area (Å²) in [6, 6.07) is 8.36. The van der Waals surface area contributed by atoms with Gasteiger partial charge in [0.15, 0.2) is 0 Å². The van der Waals surface area contributed by atoms with E-state index in [4.69, 9.17) is 5.73 Å². The van der Waals surface area contributed by atoms with E-state index in [1.165, 1.54) is 5.69 Å². The Bertz CT molecular complexity index is 525. The number of hydrogen-bond acceptors (Lipinski definition) is 4. The first kappa shape index (κ1) is 13.5. The lowest BCUT2D eigenvalue weighted by Gasteiger charge is -2.21. The molecule has 5 nitrogen and oxygen atoms in total. The van der Waals surface area contributed by atoms with Crippen LogP contribution in [0.4, 0.5) is 5.69 Å². The summed E-state index contributed by atoms with van der Waals surface area (Å²) in [6.07, 6.45) is 0. The van der Waals surface area contributed by atoms with Crippen molar-refractivity contribution in [2.24, 2.45) is 5.73 Å². The van der Waals surface area contributed by atoms with Gasteiger partial charge in [-0.3, -0.25) is 0 Å². The van der Waals surface area contributed by atoms with Crippen LogP contribution in [0.3, 0.4) is 0 Å². The van der Waals surface area contributed by atoms with Gasteiger partial charge in [0.05, 0.1) is 17.1 Å². The van der Waals surface area contributed by atoms with Crippen LogP contribution in [0.25, 0.3) is 5.69 Å². The molecule has 0 aliphatic rings. The first-order chi connectivity index (χ1) is 9.21. The van der Waals surface area contributed by atoms with Crippen molar-refractivity contribution in [3.05, 3.63) is 35.7 Å². The summed E-state index contributed by atoms with van der Waals surface area (Å²) in [5.41, 5.74) is 9.70. The van der Waals surface area contributed by atoms with E-state index >= 15 is 0 Å². The van der Waals surface area contributed by atoms with Crippen molar-refractivity contribution in [1.29, 1.82) is 0 Å². The van der Waals surface area contributed by atoms with E-state index in [9.17, 15) is 0 Å². The third-order valence-corrected chi connectivity index (χ3v) is 3.41. The molecule has 0 fully saturated rings. The molecule has 102 valence electrons. The third kappa shape index (κ3) is 2.61. The minimum absolute atomic E-state index is 0.420. The quantitative estimate of drug-likeness (QED) is 0.890. The second-order valence-electron chi connectivity index (χ2n) is 4.43. The van der Waals surface area contributed by atoms with Crippen molar-refractivity contribution in [3.8, 4) is 5.69 Å². The zero-order chi connectivity index (χ0) is 13.8. The van der Waals surface area contributed by atoms with Gasteiger partial charge in [0.25, 0.3) is 0 Å². The fourth-order valence-corrected chi connectivity index (χ4v) is 2.19. The van der Waals surface area contributed by atoms with Gasteiger partial charge in [0.2, 0.25) is 0 Å². The van der Waals surface area contributed by atoms with Crippen LogP contribution in [-0.2, 0) is 6.54 Å². The molecule has 1 aromatic heterocycles. The van der Waals surface area contributed by atoms with Gasteiger partial charge in [-0.2, -0.15) is 0 Å². The van der Waals surface area contributed by atoms with E-state index in [1.807, 2.05) is 11.6 Å². The first-order valence-corrected chi connectivity index (χ1v) is 6.67. The normalized spacial score (nSPS) is 10.7. The van der Waals surface area contributed by atoms with Crippen LogP contribution in [0.5, 0.6) is 0 Å². The van der Waals surface area contributed by atoms with Gasteiger partial charge >= 0.3 is 0 Å². The zero-order valence-corrected chi connectivity index (χ0v) is 11.8. The maximum Gasteiger partial charge on any atom is 0.0996 e. The molecule has 0 bridgehead atoms. The average Bonchev–Trinajstić information content (AvgIpc) is 2.82. The monoisotopic (exact) mass is 259 g/mol. The highest BCUT2D eigenvalue weighted by molar-refractivity contribution is 5.51. The van der Waals surface area contributed by atoms with Gasteiger partial charge in [-0.05, 0) is 45.0 Å². The SMILES string of the molecule is CCN(CC)c1ccc(-n2nnc(CN)c2C)cc1. The van der Waals surface area contributed by atoms with Crippen molar-refractivity contribution in [1.82, 2.24) is 15.0 Å². The van der Waals surface area contributed by atoms with Crippen molar-refractivity contribution < 1.29 is 0 Å². The summed E-state index contributed by atoms with van der Waals surface area (Å²) in [7, 11) is 0. The summed E-state index contributed by atoms with van der Waals surface area (Å²) in [5, 5.41) is 8.22. The summed E-state index contributed by atoms with van der Waals surface area (Å²) in [5.74, 6) is 0. The molecule has 0 atom stereocenters. The fraction of sp³-hybridized carbons (Fsp3) is 0.429. The second kappa shape index (κ2) is 5.84. The Morgan fingerprint density at radius 1 is 1.16 bits per heavy atom. The highest BCUT2D eigenvalue weighted by Gasteiger charge is 2.09. The second-order valence-corrected chi connectivity index (χ2v) is 4.43. The standard InChI is InChI=1S/C14H21N5/c1-4-18(5-2)12-6-8-13(9-7-12)19-11(3)14(10-15)16-17-19/h6-9H,4-5,10,15H2,1-3H3. The van der Waals surface area contributed by atoms with Crippen LogP contribution >= 0.6 is 0 Å². The van der Waals surface area contributed by atoms with Gasteiger partial charge < -0.3 is 10.6 Å². The van der Waals surface area contributed by atoms with Crippen LogP contribution < -0.4 is 10.6 Å². The van der Waals surface area contributed by atoms with Crippen LogP contribution in [0, 0.1) is 6.92 Å². The van der Waals surface area contributed by atoms with Crippen LogP contribution in [0.1, 0.15) is 25.2 Å². The number of nitrogens with two attached hydrogens (primary N) is 1. The van der Waals surface area contributed by atoms with Crippen LogP contribution in [0.15, 0.2) is 24.3 Å². The summed E-state index contributed by atoms with van der Waals surface area (Å²) in [6.45, 7) is 8.74. The number of hydrogen-bond donors (Lipinski definition) is 1. The van der Waals surface area contributed by atoms with Gasteiger partial charge in [-0.1, -0.05) is 5.21 Å². The summed E-state index contributed by atoms with van der Waals surface area (Å²) < 4.78 is 1.83. The molecule has 0 saturated heterocycles. The van der Waals surface area contributed by atoms with Crippen LogP contribution in [-0.4, -0.2) is 28.1 Å². The average molecular weight is 259 g/mol. The molecule has 19 heavy (non-hydrogen) atoms. The molecule has 1 aromatic carbocycles. The Labute approximate surface area is 114 Å². The zero-order valence-electron chi connectivity index (χ0n) is 11.8. The predicted molar refractivity (Wildman–Crippen MR) is 77.5 cm³/mol. The molecular weight excluding hydrogens is 238 g/mol. The highest BCUT2D eigenvalue weighted by Crippen LogP contribution is 2.18.